The van der Waals surface area contributed by atoms with E-state index >= 15 is 0 Å². The minimum absolute atomic E-state index is 0.235. The van der Waals surface area contributed by atoms with Crippen LogP contribution in [0.1, 0.15) is 38.0 Å². The van der Waals surface area contributed by atoms with E-state index < -0.39 is 48.4 Å². The number of benzene rings is 3. The van der Waals surface area contributed by atoms with Crippen molar-refractivity contribution >= 4 is 17.9 Å². The van der Waals surface area contributed by atoms with E-state index in [4.69, 9.17) is 18.9 Å². The Hall–Kier alpha value is -4.48. The van der Waals surface area contributed by atoms with Crippen LogP contribution in [0.15, 0.2) is 91.0 Å². The molecule has 0 N–H and O–H groups in total. The number of nitriles is 1. The SMILES string of the molecule is C[C@H]1C(C#N)O[C@@H](OC(=O)c2ccccc2)C(OC(=O)c2ccccc2)[C@@H]1OC(=O)c1ccccc1. The zero-order chi connectivity index (χ0) is 25.5. The molecule has 1 fully saturated rings. The molecule has 36 heavy (non-hydrogen) atoms. The molecule has 1 heterocycles. The Bertz CT molecular complexity index is 1240. The third kappa shape index (κ3) is 5.59. The minimum Gasteiger partial charge on any atom is -0.454 e. The first-order valence-electron chi connectivity index (χ1n) is 11.3. The third-order valence-electron chi connectivity index (χ3n) is 5.73. The Morgan fingerprint density at radius 3 is 1.47 bits per heavy atom. The van der Waals surface area contributed by atoms with Crippen molar-refractivity contribution in [3.8, 4) is 6.07 Å². The topological polar surface area (TPSA) is 112 Å². The lowest BCUT2D eigenvalue weighted by molar-refractivity contribution is -0.252. The highest BCUT2D eigenvalue weighted by Gasteiger charge is 2.50. The maximum atomic E-state index is 12.9. The highest BCUT2D eigenvalue weighted by Crippen LogP contribution is 2.32. The molecule has 8 heteroatoms. The second-order valence-electron chi connectivity index (χ2n) is 8.16. The summed E-state index contributed by atoms with van der Waals surface area (Å²) >= 11 is 0. The lowest BCUT2D eigenvalue weighted by Gasteiger charge is -2.41. The predicted octanol–water partition coefficient (Wildman–Crippen LogP) is 4.18. The molecule has 8 nitrogen and oxygen atoms in total. The molecule has 1 aliphatic heterocycles. The summed E-state index contributed by atoms with van der Waals surface area (Å²) in [7, 11) is 0. The van der Waals surface area contributed by atoms with Crippen LogP contribution in [0.5, 0.6) is 0 Å². The van der Waals surface area contributed by atoms with Crippen LogP contribution in [0.25, 0.3) is 0 Å². The van der Waals surface area contributed by atoms with Gasteiger partial charge in [-0.05, 0) is 36.4 Å². The second kappa shape index (κ2) is 11.3. The standard InChI is InChI=1S/C28H23NO7/c1-18-22(17-29)33-28(36-27(32)21-15-9-4-10-16-21)24(35-26(31)20-13-7-3-8-14-20)23(18)34-25(30)19-11-5-2-6-12-19/h2-16,18,22-24,28H,1H3/t18-,22?,23+,24?,28-/m0/s1. The largest absolute Gasteiger partial charge is 0.454 e. The summed E-state index contributed by atoms with van der Waals surface area (Å²) in [6.07, 6.45) is -5.08. The molecule has 4 rings (SSSR count). The van der Waals surface area contributed by atoms with E-state index in [1.54, 1.807) is 97.9 Å². The summed E-state index contributed by atoms with van der Waals surface area (Å²) in [4.78, 5) is 38.7. The van der Waals surface area contributed by atoms with Gasteiger partial charge in [0, 0.05) is 5.92 Å². The smallest absolute Gasteiger partial charge is 0.340 e. The Morgan fingerprint density at radius 2 is 1.06 bits per heavy atom. The number of ether oxygens (including phenoxy) is 4. The average molecular weight is 485 g/mol. The number of hydrogen-bond acceptors (Lipinski definition) is 8. The van der Waals surface area contributed by atoms with E-state index in [-0.39, 0.29) is 16.7 Å². The molecule has 0 aromatic heterocycles. The van der Waals surface area contributed by atoms with E-state index in [1.165, 1.54) is 0 Å². The molecule has 0 saturated carbocycles. The summed E-state index contributed by atoms with van der Waals surface area (Å²) in [5.74, 6) is -2.86. The van der Waals surface area contributed by atoms with E-state index in [2.05, 4.69) is 0 Å². The van der Waals surface area contributed by atoms with Crippen LogP contribution in [0.3, 0.4) is 0 Å². The molecule has 3 aromatic rings. The first-order chi connectivity index (χ1) is 17.5. The Labute approximate surface area is 208 Å². The number of carbonyl (C=O) groups is 3. The fourth-order valence-electron chi connectivity index (χ4n) is 3.79. The van der Waals surface area contributed by atoms with Gasteiger partial charge in [0.1, 0.15) is 0 Å². The van der Waals surface area contributed by atoms with Gasteiger partial charge in [-0.3, -0.25) is 0 Å². The van der Waals surface area contributed by atoms with Gasteiger partial charge in [-0.1, -0.05) is 61.5 Å². The van der Waals surface area contributed by atoms with Gasteiger partial charge in [-0.25, -0.2) is 14.4 Å². The van der Waals surface area contributed by atoms with Gasteiger partial charge in [0.15, 0.2) is 12.2 Å². The molecule has 0 bridgehead atoms. The Balaban J connectivity index is 1.66. The maximum Gasteiger partial charge on any atom is 0.340 e. The van der Waals surface area contributed by atoms with Crippen LogP contribution in [0.2, 0.25) is 0 Å². The van der Waals surface area contributed by atoms with Gasteiger partial charge in [0.05, 0.1) is 22.8 Å². The highest BCUT2D eigenvalue weighted by molar-refractivity contribution is 5.91. The van der Waals surface area contributed by atoms with E-state index in [9.17, 15) is 19.6 Å². The minimum atomic E-state index is -1.50. The van der Waals surface area contributed by atoms with Crippen molar-refractivity contribution in [2.24, 2.45) is 5.92 Å². The molecule has 0 amide bonds. The summed E-state index contributed by atoms with van der Waals surface area (Å²) in [5.41, 5.74) is 0.753. The molecular weight excluding hydrogens is 462 g/mol. The van der Waals surface area contributed by atoms with Crippen molar-refractivity contribution in [3.05, 3.63) is 108 Å². The Morgan fingerprint density at radius 1 is 0.667 bits per heavy atom. The molecule has 3 aromatic carbocycles. The van der Waals surface area contributed by atoms with Crippen LogP contribution < -0.4 is 0 Å². The van der Waals surface area contributed by atoms with Crippen molar-refractivity contribution in [3.63, 3.8) is 0 Å². The quantitative estimate of drug-likeness (QED) is 0.378. The monoisotopic (exact) mass is 485 g/mol. The summed E-state index contributed by atoms with van der Waals surface area (Å²) in [6, 6.07) is 26.6. The molecule has 1 saturated heterocycles. The predicted molar refractivity (Wildman–Crippen MR) is 127 cm³/mol. The van der Waals surface area contributed by atoms with Crippen LogP contribution in [0.4, 0.5) is 0 Å². The number of esters is 3. The van der Waals surface area contributed by atoms with Crippen molar-refractivity contribution in [2.45, 2.75) is 31.5 Å². The molecule has 5 atom stereocenters. The normalized spacial score (nSPS) is 23.1. The molecule has 0 aliphatic carbocycles. The number of rotatable bonds is 6. The van der Waals surface area contributed by atoms with Gasteiger partial charge >= 0.3 is 17.9 Å². The lowest BCUT2D eigenvalue weighted by Crippen LogP contribution is -2.57. The fourth-order valence-corrected chi connectivity index (χ4v) is 3.79. The Kier molecular flexibility index (Phi) is 7.73. The number of hydrogen-bond donors (Lipinski definition) is 0. The molecule has 1 aliphatic rings. The third-order valence-corrected chi connectivity index (χ3v) is 5.73. The van der Waals surface area contributed by atoms with Gasteiger partial charge in [-0.15, -0.1) is 0 Å². The maximum absolute atomic E-state index is 12.9. The molecule has 0 radical (unpaired) electrons. The zero-order valence-corrected chi connectivity index (χ0v) is 19.4. The summed E-state index contributed by atoms with van der Waals surface area (Å²) in [5, 5.41) is 9.68. The van der Waals surface area contributed by atoms with Crippen molar-refractivity contribution in [1.82, 2.24) is 0 Å². The van der Waals surface area contributed by atoms with Gasteiger partial charge in [0.2, 0.25) is 12.4 Å². The van der Waals surface area contributed by atoms with Crippen molar-refractivity contribution in [1.29, 1.82) is 5.26 Å². The molecule has 182 valence electrons. The first kappa shape index (κ1) is 24.6. The lowest BCUT2D eigenvalue weighted by atomic mass is 9.90. The van der Waals surface area contributed by atoms with Crippen molar-refractivity contribution in [2.75, 3.05) is 0 Å². The fraction of sp³-hybridized carbons (Fsp3) is 0.214. The molecule has 2 unspecified atom stereocenters. The van der Waals surface area contributed by atoms with Crippen LogP contribution in [-0.4, -0.2) is 42.5 Å². The van der Waals surface area contributed by atoms with Gasteiger partial charge in [-0.2, -0.15) is 5.26 Å². The molecule has 0 spiro atoms. The number of nitrogens with zero attached hydrogens (tertiary/aromatic N) is 1. The van der Waals surface area contributed by atoms with Crippen LogP contribution in [0, 0.1) is 17.2 Å². The van der Waals surface area contributed by atoms with E-state index in [1.807, 2.05) is 6.07 Å². The highest BCUT2D eigenvalue weighted by atomic mass is 16.7. The van der Waals surface area contributed by atoms with Crippen LogP contribution >= 0.6 is 0 Å². The summed E-state index contributed by atoms with van der Waals surface area (Å²) in [6.45, 7) is 1.63. The van der Waals surface area contributed by atoms with Gasteiger partial charge < -0.3 is 18.9 Å². The first-order valence-corrected chi connectivity index (χ1v) is 11.3. The van der Waals surface area contributed by atoms with Gasteiger partial charge in [0.25, 0.3) is 0 Å². The van der Waals surface area contributed by atoms with Crippen molar-refractivity contribution < 1.29 is 33.3 Å². The second-order valence-corrected chi connectivity index (χ2v) is 8.16. The summed E-state index contributed by atoms with van der Waals surface area (Å²) < 4.78 is 22.7. The zero-order valence-electron chi connectivity index (χ0n) is 19.4. The average Bonchev–Trinajstić information content (AvgIpc) is 2.93. The van der Waals surface area contributed by atoms with Crippen LogP contribution in [-0.2, 0) is 18.9 Å². The number of carbonyl (C=O) groups excluding carboxylic acids is 3. The van der Waals surface area contributed by atoms with E-state index in [0.29, 0.717) is 0 Å². The van der Waals surface area contributed by atoms with E-state index in [0.717, 1.165) is 0 Å². The molecular formula is C28H23NO7.